The Morgan fingerprint density at radius 3 is 2.67 bits per heavy atom. The van der Waals surface area contributed by atoms with Gasteiger partial charge in [-0.3, -0.25) is 4.98 Å². The molecule has 21 heavy (non-hydrogen) atoms. The molecule has 112 valence electrons. The normalized spacial score (nSPS) is 10.8. The highest BCUT2D eigenvalue weighted by Gasteiger charge is 2.10. The first-order valence-electron chi connectivity index (χ1n) is 7.24. The van der Waals surface area contributed by atoms with Crippen LogP contribution >= 0.6 is 0 Å². The van der Waals surface area contributed by atoms with Crippen LogP contribution in [0.25, 0.3) is 0 Å². The number of nitrogens with one attached hydrogen (secondary N) is 1. The van der Waals surface area contributed by atoms with Gasteiger partial charge in [0.05, 0.1) is 12.3 Å². The summed E-state index contributed by atoms with van der Waals surface area (Å²) in [5.74, 6) is 0.178. The number of aliphatic hydroxyl groups excluding tert-OH is 1. The van der Waals surface area contributed by atoms with Gasteiger partial charge in [-0.05, 0) is 31.9 Å². The number of hydrogen-bond acceptors (Lipinski definition) is 4. The van der Waals surface area contributed by atoms with Crippen molar-refractivity contribution >= 4 is 0 Å². The van der Waals surface area contributed by atoms with Crippen molar-refractivity contribution in [2.75, 3.05) is 6.54 Å². The summed E-state index contributed by atoms with van der Waals surface area (Å²) in [5, 5.41) is 22.7. The number of aliphatic hydroxyl groups is 1. The lowest BCUT2D eigenvalue weighted by Crippen LogP contribution is -2.17. The van der Waals surface area contributed by atoms with Crippen molar-refractivity contribution in [1.82, 2.24) is 10.3 Å². The van der Waals surface area contributed by atoms with Gasteiger partial charge in [0, 0.05) is 23.9 Å². The number of nitrogens with zero attached hydrogens (tertiary/aromatic N) is 1. The van der Waals surface area contributed by atoms with Crippen molar-refractivity contribution in [3.05, 3.63) is 58.9 Å². The molecule has 0 fully saturated rings. The SMILES string of the molecule is Cc1ncc(CO)c(CNCCCc2ccccc2)c1O. The molecule has 0 bridgehead atoms. The summed E-state index contributed by atoms with van der Waals surface area (Å²) in [6.07, 6.45) is 3.68. The Labute approximate surface area is 125 Å². The molecule has 2 aromatic rings. The van der Waals surface area contributed by atoms with E-state index in [4.69, 9.17) is 0 Å². The Bertz CT molecular complexity index is 571. The minimum Gasteiger partial charge on any atom is -0.506 e. The second kappa shape index (κ2) is 7.76. The van der Waals surface area contributed by atoms with Crippen molar-refractivity contribution in [3.8, 4) is 5.75 Å². The lowest BCUT2D eigenvalue weighted by Gasteiger charge is -2.12. The fourth-order valence-corrected chi connectivity index (χ4v) is 2.29. The highest BCUT2D eigenvalue weighted by atomic mass is 16.3. The molecule has 0 unspecified atom stereocenters. The molecular weight excluding hydrogens is 264 g/mol. The molecule has 0 atom stereocenters. The van der Waals surface area contributed by atoms with Crippen LogP contribution in [0.2, 0.25) is 0 Å². The lowest BCUT2D eigenvalue weighted by molar-refractivity contribution is 0.278. The third-order valence-corrected chi connectivity index (χ3v) is 3.56. The van der Waals surface area contributed by atoms with Crippen LogP contribution < -0.4 is 5.32 Å². The van der Waals surface area contributed by atoms with Gasteiger partial charge in [-0.2, -0.15) is 0 Å². The average Bonchev–Trinajstić information content (AvgIpc) is 2.52. The highest BCUT2D eigenvalue weighted by Crippen LogP contribution is 2.23. The quantitative estimate of drug-likeness (QED) is 0.683. The number of aromatic hydroxyl groups is 1. The average molecular weight is 286 g/mol. The second-order valence-electron chi connectivity index (χ2n) is 5.12. The Kier molecular flexibility index (Phi) is 5.72. The number of benzene rings is 1. The number of pyridine rings is 1. The molecule has 0 saturated carbocycles. The molecule has 1 aromatic heterocycles. The standard InChI is InChI=1S/C17H22N2O2/c1-13-17(21)16(15(12-20)10-19-13)11-18-9-5-8-14-6-3-2-4-7-14/h2-4,6-7,10,18,20-21H,5,8-9,11-12H2,1H3. The first-order chi connectivity index (χ1) is 10.2. The molecule has 0 aliphatic carbocycles. The first kappa shape index (κ1) is 15.5. The van der Waals surface area contributed by atoms with Crippen LogP contribution in [-0.2, 0) is 19.6 Å². The fraction of sp³-hybridized carbons (Fsp3) is 0.353. The summed E-state index contributed by atoms with van der Waals surface area (Å²) in [6, 6.07) is 10.4. The summed E-state index contributed by atoms with van der Waals surface area (Å²) in [6.45, 7) is 3.05. The molecule has 1 heterocycles. The topological polar surface area (TPSA) is 65.4 Å². The maximum absolute atomic E-state index is 10.0. The molecule has 4 heteroatoms. The molecule has 1 aromatic carbocycles. The van der Waals surface area contributed by atoms with Gasteiger partial charge in [0.25, 0.3) is 0 Å². The number of aromatic nitrogens is 1. The molecule has 2 rings (SSSR count). The minimum absolute atomic E-state index is 0.109. The predicted octanol–water partition coefficient (Wildman–Crippen LogP) is 2.31. The van der Waals surface area contributed by atoms with E-state index in [1.165, 1.54) is 5.56 Å². The van der Waals surface area contributed by atoms with E-state index in [0.717, 1.165) is 24.9 Å². The number of rotatable bonds is 7. The molecule has 0 saturated heterocycles. The first-order valence-corrected chi connectivity index (χ1v) is 7.24. The highest BCUT2D eigenvalue weighted by molar-refractivity contribution is 5.40. The number of aryl methyl sites for hydroxylation is 2. The molecule has 0 radical (unpaired) electrons. The van der Waals surface area contributed by atoms with Crippen LogP contribution in [-0.4, -0.2) is 21.7 Å². The van der Waals surface area contributed by atoms with E-state index in [2.05, 4.69) is 22.4 Å². The summed E-state index contributed by atoms with van der Waals surface area (Å²) < 4.78 is 0. The third kappa shape index (κ3) is 4.28. The van der Waals surface area contributed by atoms with E-state index >= 15 is 0 Å². The third-order valence-electron chi connectivity index (χ3n) is 3.56. The molecule has 0 aliphatic rings. The Morgan fingerprint density at radius 2 is 1.95 bits per heavy atom. The van der Waals surface area contributed by atoms with E-state index in [0.29, 0.717) is 17.8 Å². The van der Waals surface area contributed by atoms with Gasteiger partial charge in [0.15, 0.2) is 0 Å². The smallest absolute Gasteiger partial charge is 0.141 e. The zero-order valence-corrected chi connectivity index (χ0v) is 12.3. The van der Waals surface area contributed by atoms with Gasteiger partial charge in [-0.1, -0.05) is 30.3 Å². The largest absolute Gasteiger partial charge is 0.506 e. The summed E-state index contributed by atoms with van der Waals surface area (Å²) in [7, 11) is 0. The van der Waals surface area contributed by atoms with Crippen LogP contribution in [0.3, 0.4) is 0 Å². The molecule has 3 N–H and O–H groups in total. The van der Waals surface area contributed by atoms with Crippen LogP contribution in [0.15, 0.2) is 36.5 Å². The maximum Gasteiger partial charge on any atom is 0.141 e. The van der Waals surface area contributed by atoms with Crippen LogP contribution in [0, 0.1) is 6.92 Å². The van der Waals surface area contributed by atoms with Crippen molar-refractivity contribution in [2.24, 2.45) is 0 Å². The molecule has 0 aliphatic heterocycles. The van der Waals surface area contributed by atoms with Crippen LogP contribution in [0.5, 0.6) is 5.75 Å². The monoisotopic (exact) mass is 286 g/mol. The van der Waals surface area contributed by atoms with Crippen molar-refractivity contribution in [3.63, 3.8) is 0 Å². The van der Waals surface area contributed by atoms with E-state index in [9.17, 15) is 10.2 Å². The van der Waals surface area contributed by atoms with E-state index in [-0.39, 0.29) is 12.4 Å². The summed E-state index contributed by atoms with van der Waals surface area (Å²) in [5.41, 5.74) is 3.34. The van der Waals surface area contributed by atoms with Crippen LogP contribution in [0.4, 0.5) is 0 Å². The molecule has 4 nitrogen and oxygen atoms in total. The van der Waals surface area contributed by atoms with Gasteiger partial charge in [-0.15, -0.1) is 0 Å². The van der Waals surface area contributed by atoms with E-state index in [1.807, 2.05) is 18.2 Å². The van der Waals surface area contributed by atoms with Gasteiger partial charge >= 0.3 is 0 Å². The van der Waals surface area contributed by atoms with E-state index in [1.54, 1.807) is 13.1 Å². The summed E-state index contributed by atoms with van der Waals surface area (Å²) >= 11 is 0. The molecular formula is C17H22N2O2. The Balaban J connectivity index is 1.82. The van der Waals surface area contributed by atoms with Crippen molar-refractivity contribution in [1.29, 1.82) is 0 Å². The summed E-state index contributed by atoms with van der Waals surface area (Å²) in [4.78, 5) is 4.06. The fourth-order valence-electron chi connectivity index (χ4n) is 2.29. The second-order valence-corrected chi connectivity index (χ2v) is 5.12. The van der Waals surface area contributed by atoms with Crippen molar-refractivity contribution in [2.45, 2.75) is 32.9 Å². The predicted molar refractivity (Wildman–Crippen MR) is 83.0 cm³/mol. The van der Waals surface area contributed by atoms with Crippen LogP contribution in [0.1, 0.15) is 28.8 Å². The molecule has 0 amide bonds. The van der Waals surface area contributed by atoms with Gasteiger partial charge in [0.1, 0.15) is 5.75 Å². The zero-order valence-electron chi connectivity index (χ0n) is 12.3. The molecule has 0 spiro atoms. The maximum atomic E-state index is 10.0. The van der Waals surface area contributed by atoms with Gasteiger partial charge < -0.3 is 15.5 Å². The lowest BCUT2D eigenvalue weighted by atomic mass is 10.1. The Hall–Kier alpha value is -1.91. The Morgan fingerprint density at radius 1 is 1.19 bits per heavy atom. The van der Waals surface area contributed by atoms with Gasteiger partial charge in [-0.25, -0.2) is 0 Å². The van der Waals surface area contributed by atoms with E-state index < -0.39 is 0 Å². The number of hydrogen-bond donors (Lipinski definition) is 3. The minimum atomic E-state index is -0.109. The van der Waals surface area contributed by atoms with Crippen molar-refractivity contribution < 1.29 is 10.2 Å². The zero-order chi connectivity index (χ0) is 15.1. The van der Waals surface area contributed by atoms with Gasteiger partial charge in [0.2, 0.25) is 0 Å².